The zero-order chi connectivity index (χ0) is 11.1. The molecule has 1 aliphatic carbocycles. The molecule has 1 heterocycles. The first-order chi connectivity index (χ1) is 6.97. The molecule has 0 saturated heterocycles. The minimum absolute atomic E-state index is 0.189. The van der Waals surface area contributed by atoms with E-state index in [0.717, 1.165) is 4.47 Å². The van der Waals surface area contributed by atoms with Crippen molar-refractivity contribution in [2.75, 3.05) is 6.54 Å². The number of aromatic nitrogens is 1. The van der Waals surface area contributed by atoms with Crippen molar-refractivity contribution in [2.24, 2.45) is 5.73 Å². The predicted octanol–water partition coefficient (Wildman–Crippen LogP) is 2.47. The van der Waals surface area contributed by atoms with Gasteiger partial charge in [-0.3, -0.25) is 4.98 Å². The maximum atomic E-state index is 12.9. The van der Waals surface area contributed by atoms with E-state index in [0.29, 0.717) is 5.69 Å². The van der Waals surface area contributed by atoms with Gasteiger partial charge in [0, 0.05) is 41.2 Å². The van der Waals surface area contributed by atoms with Gasteiger partial charge >= 0.3 is 0 Å². The summed E-state index contributed by atoms with van der Waals surface area (Å²) >= 11 is 3.25. The van der Waals surface area contributed by atoms with Crippen molar-refractivity contribution in [3.8, 4) is 0 Å². The van der Waals surface area contributed by atoms with E-state index < -0.39 is 11.3 Å². The topological polar surface area (TPSA) is 38.9 Å². The number of alkyl halides is 2. The van der Waals surface area contributed by atoms with Crippen molar-refractivity contribution >= 4 is 15.9 Å². The Bertz CT molecular complexity index is 356. The van der Waals surface area contributed by atoms with Crippen LogP contribution < -0.4 is 5.73 Å². The van der Waals surface area contributed by atoms with E-state index in [9.17, 15) is 8.78 Å². The third-order valence-corrected chi connectivity index (χ3v) is 3.32. The van der Waals surface area contributed by atoms with E-state index in [1.165, 1.54) is 0 Å². The number of nitrogens with zero attached hydrogens (tertiary/aromatic N) is 1. The highest BCUT2D eigenvalue weighted by molar-refractivity contribution is 9.10. The molecule has 0 bridgehead atoms. The first-order valence-corrected chi connectivity index (χ1v) is 5.47. The molecule has 1 aliphatic rings. The molecule has 0 amide bonds. The van der Waals surface area contributed by atoms with Crippen molar-refractivity contribution in [2.45, 2.75) is 24.2 Å². The molecule has 0 radical (unpaired) electrons. The van der Waals surface area contributed by atoms with Gasteiger partial charge < -0.3 is 5.73 Å². The van der Waals surface area contributed by atoms with Crippen LogP contribution in [0.25, 0.3) is 0 Å². The van der Waals surface area contributed by atoms with Gasteiger partial charge in [-0.05, 0) is 28.1 Å². The summed E-state index contributed by atoms with van der Waals surface area (Å²) in [7, 11) is 0. The average molecular weight is 277 g/mol. The Balaban J connectivity index is 2.25. The number of nitrogens with two attached hydrogens (primary N) is 1. The summed E-state index contributed by atoms with van der Waals surface area (Å²) in [5, 5.41) is 0. The second-order valence-corrected chi connectivity index (χ2v) is 4.97. The summed E-state index contributed by atoms with van der Waals surface area (Å²) in [6, 6.07) is 3.56. The Labute approximate surface area is 95.0 Å². The molecule has 2 N–H and O–H groups in total. The van der Waals surface area contributed by atoms with Gasteiger partial charge in [0.25, 0.3) is 0 Å². The molecule has 1 aromatic rings. The predicted molar refractivity (Wildman–Crippen MR) is 56.9 cm³/mol. The molecule has 1 fully saturated rings. The minimum atomic E-state index is -2.58. The molecule has 1 saturated carbocycles. The number of hydrogen-bond donors (Lipinski definition) is 1. The number of hydrogen-bond acceptors (Lipinski definition) is 2. The number of halogens is 3. The standard InChI is InChI=1S/C10H11BrF2N2/c11-7-1-2-8(15-3-7)9(6-14)4-10(12,13)5-9/h1-3H,4-6,14H2. The maximum absolute atomic E-state index is 12.9. The first-order valence-electron chi connectivity index (χ1n) is 4.67. The van der Waals surface area contributed by atoms with Crippen LogP contribution in [0.3, 0.4) is 0 Å². The van der Waals surface area contributed by atoms with E-state index >= 15 is 0 Å². The summed E-state index contributed by atoms with van der Waals surface area (Å²) in [6.45, 7) is 0.219. The Morgan fingerprint density at radius 2 is 2.07 bits per heavy atom. The van der Waals surface area contributed by atoms with Crippen LogP contribution in [0.5, 0.6) is 0 Å². The monoisotopic (exact) mass is 276 g/mol. The lowest BCUT2D eigenvalue weighted by Crippen LogP contribution is -2.54. The van der Waals surface area contributed by atoms with E-state index in [4.69, 9.17) is 5.73 Å². The summed E-state index contributed by atoms with van der Waals surface area (Å²) in [5.74, 6) is -2.58. The average Bonchev–Trinajstić information content (AvgIpc) is 2.14. The summed E-state index contributed by atoms with van der Waals surface area (Å²) < 4.78 is 26.6. The lowest BCUT2D eigenvalue weighted by atomic mass is 9.64. The first kappa shape index (κ1) is 11.0. The largest absolute Gasteiger partial charge is 0.330 e. The lowest BCUT2D eigenvalue weighted by molar-refractivity contribution is -0.125. The second kappa shape index (κ2) is 3.49. The number of rotatable bonds is 2. The van der Waals surface area contributed by atoms with Gasteiger partial charge in [0.05, 0.1) is 0 Å². The van der Waals surface area contributed by atoms with Crippen molar-refractivity contribution in [3.63, 3.8) is 0 Å². The van der Waals surface area contributed by atoms with Crippen molar-refractivity contribution in [1.82, 2.24) is 4.98 Å². The normalized spacial score (nSPS) is 22.1. The Kier molecular flexibility index (Phi) is 2.55. The third kappa shape index (κ3) is 1.90. The van der Waals surface area contributed by atoms with Gasteiger partial charge in [-0.15, -0.1) is 0 Å². The fourth-order valence-electron chi connectivity index (χ4n) is 2.06. The second-order valence-electron chi connectivity index (χ2n) is 4.06. The van der Waals surface area contributed by atoms with Gasteiger partial charge in [-0.25, -0.2) is 8.78 Å². The molecule has 2 nitrogen and oxygen atoms in total. The minimum Gasteiger partial charge on any atom is -0.330 e. The molecule has 0 spiro atoms. The van der Waals surface area contributed by atoms with E-state index in [1.54, 1.807) is 18.3 Å². The molecule has 1 aromatic heterocycles. The molecule has 0 atom stereocenters. The van der Waals surface area contributed by atoms with Gasteiger partial charge in [0.15, 0.2) is 0 Å². The molecule has 82 valence electrons. The lowest BCUT2D eigenvalue weighted by Gasteiger charge is -2.46. The Hall–Kier alpha value is -0.550. The van der Waals surface area contributed by atoms with Crippen molar-refractivity contribution < 1.29 is 8.78 Å². The molecular weight excluding hydrogens is 266 g/mol. The molecule has 15 heavy (non-hydrogen) atoms. The van der Waals surface area contributed by atoms with Crippen LogP contribution in [0.4, 0.5) is 8.78 Å². The fraction of sp³-hybridized carbons (Fsp3) is 0.500. The smallest absolute Gasteiger partial charge is 0.250 e. The van der Waals surface area contributed by atoms with Crippen molar-refractivity contribution in [1.29, 1.82) is 0 Å². The summed E-state index contributed by atoms with van der Waals surface area (Å²) in [5.41, 5.74) is 5.62. The zero-order valence-corrected chi connectivity index (χ0v) is 9.60. The molecule has 0 aliphatic heterocycles. The van der Waals surface area contributed by atoms with Crippen LogP contribution in [0.15, 0.2) is 22.8 Å². The van der Waals surface area contributed by atoms with Crippen LogP contribution in [-0.2, 0) is 5.41 Å². The van der Waals surface area contributed by atoms with Crippen LogP contribution in [-0.4, -0.2) is 17.5 Å². The quantitative estimate of drug-likeness (QED) is 0.901. The van der Waals surface area contributed by atoms with E-state index in [2.05, 4.69) is 20.9 Å². The van der Waals surface area contributed by atoms with E-state index in [1.807, 2.05) is 0 Å². The van der Waals surface area contributed by atoms with Crippen LogP contribution >= 0.6 is 15.9 Å². The van der Waals surface area contributed by atoms with Gasteiger partial charge in [-0.1, -0.05) is 0 Å². The van der Waals surface area contributed by atoms with Gasteiger partial charge in [0.1, 0.15) is 0 Å². The SMILES string of the molecule is NCC1(c2ccc(Br)cn2)CC(F)(F)C1. The van der Waals surface area contributed by atoms with Crippen LogP contribution in [0, 0.1) is 0 Å². The summed E-state index contributed by atoms with van der Waals surface area (Å²) in [6.07, 6.45) is 1.24. The van der Waals surface area contributed by atoms with Gasteiger partial charge in [-0.2, -0.15) is 0 Å². The maximum Gasteiger partial charge on any atom is 0.250 e. The molecule has 2 rings (SSSR count). The fourth-order valence-corrected chi connectivity index (χ4v) is 2.29. The van der Waals surface area contributed by atoms with Crippen LogP contribution in [0.2, 0.25) is 0 Å². The molecular formula is C10H11BrF2N2. The Morgan fingerprint density at radius 3 is 2.47 bits per heavy atom. The number of pyridine rings is 1. The highest BCUT2D eigenvalue weighted by Crippen LogP contribution is 2.52. The molecule has 5 heteroatoms. The molecule has 0 unspecified atom stereocenters. The Morgan fingerprint density at radius 1 is 1.40 bits per heavy atom. The van der Waals surface area contributed by atoms with Gasteiger partial charge in [0.2, 0.25) is 5.92 Å². The highest BCUT2D eigenvalue weighted by atomic mass is 79.9. The summed E-state index contributed by atoms with van der Waals surface area (Å²) in [4.78, 5) is 4.15. The van der Waals surface area contributed by atoms with E-state index in [-0.39, 0.29) is 19.4 Å². The van der Waals surface area contributed by atoms with Crippen molar-refractivity contribution in [3.05, 3.63) is 28.5 Å². The van der Waals surface area contributed by atoms with Crippen LogP contribution in [0.1, 0.15) is 18.5 Å². The zero-order valence-electron chi connectivity index (χ0n) is 8.01. The highest BCUT2D eigenvalue weighted by Gasteiger charge is 2.57. The third-order valence-electron chi connectivity index (χ3n) is 2.86. The molecule has 0 aromatic carbocycles.